The summed E-state index contributed by atoms with van der Waals surface area (Å²) in [5, 5.41) is 2.83. The highest BCUT2D eigenvalue weighted by Gasteiger charge is 2.07. The largest absolute Gasteiger partial charge is 0.398 e. The van der Waals surface area contributed by atoms with Crippen molar-refractivity contribution >= 4 is 11.6 Å². The molecule has 3 N–H and O–H groups in total. The number of nitrogens with two attached hydrogens (primary N) is 1. The van der Waals surface area contributed by atoms with Gasteiger partial charge in [0.2, 0.25) is 0 Å². The number of rotatable bonds is 7. The topological polar surface area (TPSA) is 64.3 Å². The van der Waals surface area contributed by atoms with E-state index in [4.69, 9.17) is 10.5 Å². The Morgan fingerprint density at radius 1 is 1.39 bits per heavy atom. The number of nitrogens with one attached hydrogen (secondary N) is 1. The summed E-state index contributed by atoms with van der Waals surface area (Å²) < 4.78 is 5.43. The molecule has 0 heterocycles. The lowest BCUT2D eigenvalue weighted by atomic mass is 10.1. The van der Waals surface area contributed by atoms with Gasteiger partial charge in [-0.25, -0.2) is 0 Å². The van der Waals surface area contributed by atoms with Crippen LogP contribution in [0, 0.1) is 5.92 Å². The van der Waals surface area contributed by atoms with Crippen molar-refractivity contribution in [2.24, 2.45) is 5.92 Å². The fourth-order valence-electron chi connectivity index (χ4n) is 1.49. The van der Waals surface area contributed by atoms with E-state index in [1.165, 1.54) is 0 Å². The van der Waals surface area contributed by atoms with Gasteiger partial charge in [0.15, 0.2) is 0 Å². The summed E-state index contributed by atoms with van der Waals surface area (Å²) in [5.41, 5.74) is 6.76. The number of hydrogen-bond acceptors (Lipinski definition) is 3. The van der Waals surface area contributed by atoms with Crippen LogP contribution in [0.4, 0.5) is 5.69 Å². The molecule has 1 rings (SSSR count). The van der Waals surface area contributed by atoms with Crippen molar-refractivity contribution in [3.8, 4) is 0 Å². The van der Waals surface area contributed by atoms with Crippen LogP contribution in [-0.2, 0) is 4.74 Å². The molecule has 1 aromatic carbocycles. The number of anilines is 1. The third-order valence-corrected chi connectivity index (χ3v) is 2.41. The van der Waals surface area contributed by atoms with E-state index in [-0.39, 0.29) is 5.91 Å². The molecule has 0 saturated carbocycles. The number of amides is 1. The first-order valence-corrected chi connectivity index (χ1v) is 6.31. The maximum atomic E-state index is 11.8. The molecule has 0 spiro atoms. The number of para-hydroxylation sites is 1. The highest BCUT2D eigenvalue weighted by atomic mass is 16.5. The van der Waals surface area contributed by atoms with Crippen LogP contribution in [0.15, 0.2) is 24.3 Å². The normalized spacial score (nSPS) is 10.6. The zero-order chi connectivity index (χ0) is 13.4. The van der Waals surface area contributed by atoms with Gasteiger partial charge in [0.1, 0.15) is 0 Å². The van der Waals surface area contributed by atoms with E-state index in [1.807, 2.05) is 6.07 Å². The van der Waals surface area contributed by atoms with E-state index in [1.54, 1.807) is 18.2 Å². The first-order chi connectivity index (χ1) is 8.61. The van der Waals surface area contributed by atoms with Crippen molar-refractivity contribution in [2.45, 2.75) is 20.3 Å². The lowest BCUT2D eigenvalue weighted by Gasteiger charge is -2.08. The molecule has 0 bridgehead atoms. The fourth-order valence-corrected chi connectivity index (χ4v) is 1.49. The summed E-state index contributed by atoms with van der Waals surface area (Å²) in [5.74, 6) is 0.417. The minimum Gasteiger partial charge on any atom is -0.398 e. The molecule has 0 aromatic heterocycles. The second kappa shape index (κ2) is 7.71. The fraction of sp³-hybridized carbons (Fsp3) is 0.500. The summed E-state index contributed by atoms with van der Waals surface area (Å²) in [7, 11) is 0. The predicted octanol–water partition coefficient (Wildman–Crippen LogP) is 2.06. The van der Waals surface area contributed by atoms with Crippen LogP contribution in [-0.4, -0.2) is 25.7 Å². The molecule has 4 heteroatoms. The van der Waals surface area contributed by atoms with Gasteiger partial charge in [-0.2, -0.15) is 0 Å². The molecular formula is C14H22N2O2. The van der Waals surface area contributed by atoms with Crippen LogP contribution in [0.3, 0.4) is 0 Å². The molecule has 0 radical (unpaired) electrons. The van der Waals surface area contributed by atoms with Gasteiger partial charge in [-0.05, 0) is 24.5 Å². The minimum absolute atomic E-state index is 0.128. The summed E-state index contributed by atoms with van der Waals surface area (Å²) in [6.45, 7) is 6.26. The first-order valence-electron chi connectivity index (χ1n) is 6.31. The van der Waals surface area contributed by atoms with Crippen molar-refractivity contribution in [2.75, 3.05) is 25.5 Å². The van der Waals surface area contributed by atoms with Gasteiger partial charge < -0.3 is 15.8 Å². The van der Waals surface area contributed by atoms with Crippen molar-refractivity contribution < 1.29 is 9.53 Å². The highest BCUT2D eigenvalue weighted by Crippen LogP contribution is 2.09. The number of carbonyl (C=O) groups is 1. The van der Waals surface area contributed by atoms with E-state index in [2.05, 4.69) is 19.2 Å². The molecule has 0 aliphatic carbocycles. The molecule has 1 aromatic rings. The second-order valence-corrected chi connectivity index (χ2v) is 4.67. The van der Waals surface area contributed by atoms with E-state index >= 15 is 0 Å². The van der Waals surface area contributed by atoms with Crippen LogP contribution in [0.2, 0.25) is 0 Å². The maximum Gasteiger partial charge on any atom is 0.253 e. The zero-order valence-electron chi connectivity index (χ0n) is 11.1. The van der Waals surface area contributed by atoms with Gasteiger partial charge in [0.05, 0.1) is 5.56 Å². The Morgan fingerprint density at radius 2 is 2.11 bits per heavy atom. The SMILES string of the molecule is CC(C)COCCCNC(=O)c1ccccc1N. The Labute approximate surface area is 109 Å². The summed E-state index contributed by atoms with van der Waals surface area (Å²) >= 11 is 0. The standard InChI is InChI=1S/C14H22N2O2/c1-11(2)10-18-9-5-8-16-14(17)12-6-3-4-7-13(12)15/h3-4,6-7,11H,5,8-10,15H2,1-2H3,(H,16,17). The minimum atomic E-state index is -0.128. The quantitative estimate of drug-likeness (QED) is 0.575. The average Bonchev–Trinajstić information content (AvgIpc) is 2.33. The van der Waals surface area contributed by atoms with Crippen LogP contribution >= 0.6 is 0 Å². The van der Waals surface area contributed by atoms with Gasteiger partial charge in [0.25, 0.3) is 5.91 Å². The van der Waals surface area contributed by atoms with Crippen molar-refractivity contribution in [1.82, 2.24) is 5.32 Å². The van der Waals surface area contributed by atoms with Crippen LogP contribution in [0.1, 0.15) is 30.6 Å². The third kappa shape index (κ3) is 5.19. The zero-order valence-corrected chi connectivity index (χ0v) is 11.1. The van der Waals surface area contributed by atoms with Crippen LogP contribution < -0.4 is 11.1 Å². The maximum absolute atomic E-state index is 11.8. The molecular weight excluding hydrogens is 228 g/mol. The van der Waals surface area contributed by atoms with E-state index in [0.29, 0.717) is 30.3 Å². The van der Waals surface area contributed by atoms with E-state index in [9.17, 15) is 4.79 Å². The first kappa shape index (κ1) is 14.5. The molecule has 4 nitrogen and oxygen atoms in total. The number of benzene rings is 1. The van der Waals surface area contributed by atoms with Crippen molar-refractivity contribution in [1.29, 1.82) is 0 Å². The third-order valence-electron chi connectivity index (χ3n) is 2.41. The second-order valence-electron chi connectivity index (χ2n) is 4.67. The van der Waals surface area contributed by atoms with Gasteiger partial charge in [-0.3, -0.25) is 4.79 Å². The smallest absolute Gasteiger partial charge is 0.253 e. The highest BCUT2D eigenvalue weighted by molar-refractivity contribution is 5.98. The van der Waals surface area contributed by atoms with Gasteiger partial charge in [-0.1, -0.05) is 26.0 Å². The number of nitrogen functional groups attached to an aromatic ring is 1. The van der Waals surface area contributed by atoms with Crippen LogP contribution in [0.25, 0.3) is 0 Å². The Bertz CT molecular complexity index is 378. The van der Waals surface area contributed by atoms with Crippen molar-refractivity contribution in [3.05, 3.63) is 29.8 Å². The molecule has 0 saturated heterocycles. The molecule has 18 heavy (non-hydrogen) atoms. The Hall–Kier alpha value is -1.55. The molecule has 100 valence electrons. The van der Waals surface area contributed by atoms with Gasteiger partial charge in [-0.15, -0.1) is 0 Å². The molecule has 0 aliphatic heterocycles. The van der Waals surface area contributed by atoms with Gasteiger partial charge in [0, 0.05) is 25.4 Å². The average molecular weight is 250 g/mol. The molecule has 0 fully saturated rings. The van der Waals surface area contributed by atoms with Gasteiger partial charge >= 0.3 is 0 Å². The number of carbonyl (C=O) groups excluding carboxylic acids is 1. The lowest BCUT2D eigenvalue weighted by Crippen LogP contribution is -2.26. The number of ether oxygens (including phenoxy) is 1. The Morgan fingerprint density at radius 3 is 2.78 bits per heavy atom. The Balaban J connectivity index is 2.20. The lowest BCUT2D eigenvalue weighted by molar-refractivity contribution is 0.0926. The molecule has 0 atom stereocenters. The summed E-state index contributed by atoms with van der Waals surface area (Å²) in [6.07, 6.45) is 0.811. The van der Waals surface area contributed by atoms with Crippen LogP contribution in [0.5, 0.6) is 0 Å². The van der Waals surface area contributed by atoms with E-state index in [0.717, 1.165) is 13.0 Å². The predicted molar refractivity (Wildman–Crippen MR) is 73.5 cm³/mol. The summed E-state index contributed by atoms with van der Waals surface area (Å²) in [6, 6.07) is 7.06. The molecule has 1 amide bonds. The Kier molecular flexibility index (Phi) is 6.22. The molecule has 0 unspecified atom stereocenters. The number of hydrogen-bond donors (Lipinski definition) is 2. The monoisotopic (exact) mass is 250 g/mol. The van der Waals surface area contributed by atoms with Crippen molar-refractivity contribution in [3.63, 3.8) is 0 Å². The molecule has 0 aliphatic rings. The summed E-state index contributed by atoms with van der Waals surface area (Å²) in [4.78, 5) is 11.8. The van der Waals surface area contributed by atoms with E-state index < -0.39 is 0 Å².